The highest BCUT2D eigenvalue weighted by molar-refractivity contribution is 7.92. The van der Waals surface area contributed by atoms with E-state index in [1.807, 2.05) is 0 Å². The molecule has 164 valence electrons. The number of aromatic carboxylic acids is 1. The number of hydrogen-bond donors (Lipinski definition) is 2. The topological polar surface area (TPSA) is 83.5 Å². The number of carboxylic acid groups (broad SMARTS) is 1. The second-order valence-electron chi connectivity index (χ2n) is 6.45. The van der Waals surface area contributed by atoms with Gasteiger partial charge in [-0.05, 0) is 48.4 Å². The summed E-state index contributed by atoms with van der Waals surface area (Å²) in [6.07, 6.45) is -4.42. The van der Waals surface area contributed by atoms with Gasteiger partial charge in [-0.25, -0.2) is 13.2 Å². The number of rotatable bonds is 6. The molecular weight excluding hydrogens is 475 g/mol. The van der Waals surface area contributed by atoms with Crippen LogP contribution in [-0.4, -0.2) is 19.5 Å². The first kappa shape index (κ1) is 23.1. The molecule has 0 fully saturated rings. The lowest BCUT2D eigenvalue weighted by Gasteiger charge is -2.16. The predicted molar refractivity (Wildman–Crippen MR) is 113 cm³/mol. The first-order chi connectivity index (χ1) is 14.4. The molecule has 0 aliphatic carbocycles. The number of sulfonamides is 1. The number of aryl methyl sites for hydroxylation is 1. The number of halogens is 4. The van der Waals surface area contributed by atoms with E-state index < -0.39 is 27.7 Å². The summed E-state index contributed by atoms with van der Waals surface area (Å²) in [6, 6.07) is 9.44. The van der Waals surface area contributed by atoms with E-state index >= 15 is 0 Å². The van der Waals surface area contributed by atoms with Crippen LogP contribution in [0.3, 0.4) is 0 Å². The average molecular weight is 490 g/mol. The van der Waals surface area contributed by atoms with Crippen molar-refractivity contribution in [2.75, 3.05) is 4.72 Å². The molecule has 0 spiro atoms. The van der Waals surface area contributed by atoms with Crippen molar-refractivity contribution in [3.63, 3.8) is 0 Å². The number of thiophene rings is 1. The summed E-state index contributed by atoms with van der Waals surface area (Å²) in [5, 5.41) is 9.20. The van der Waals surface area contributed by atoms with Crippen LogP contribution in [0.2, 0.25) is 4.34 Å². The Morgan fingerprint density at radius 3 is 2.39 bits per heavy atom. The van der Waals surface area contributed by atoms with Gasteiger partial charge in [-0.1, -0.05) is 30.7 Å². The van der Waals surface area contributed by atoms with Crippen LogP contribution in [0.15, 0.2) is 53.4 Å². The van der Waals surface area contributed by atoms with Crippen LogP contribution in [0, 0.1) is 0 Å². The molecule has 0 saturated heterocycles. The number of anilines is 1. The van der Waals surface area contributed by atoms with E-state index in [-0.39, 0.29) is 28.1 Å². The molecule has 0 atom stereocenters. The highest BCUT2D eigenvalue weighted by Crippen LogP contribution is 2.40. The summed E-state index contributed by atoms with van der Waals surface area (Å²) < 4.78 is 68.6. The maximum atomic E-state index is 13.3. The molecule has 2 N–H and O–H groups in total. The van der Waals surface area contributed by atoms with Gasteiger partial charge in [0.15, 0.2) is 0 Å². The van der Waals surface area contributed by atoms with Crippen molar-refractivity contribution in [1.82, 2.24) is 0 Å². The molecule has 0 saturated carbocycles. The minimum absolute atomic E-state index is 0.209. The Kier molecular flexibility index (Phi) is 6.35. The van der Waals surface area contributed by atoms with Gasteiger partial charge in [-0.2, -0.15) is 13.2 Å². The Morgan fingerprint density at radius 2 is 1.84 bits per heavy atom. The van der Waals surface area contributed by atoms with Crippen LogP contribution < -0.4 is 4.72 Å². The van der Waals surface area contributed by atoms with Crippen LogP contribution in [0.5, 0.6) is 0 Å². The minimum Gasteiger partial charge on any atom is -0.478 e. The fraction of sp³-hybridized carbons (Fsp3) is 0.150. The van der Waals surface area contributed by atoms with Gasteiger partial charge in [0, 0.05) is 10.4 Å². The van der Waals surface area contributed by atoms with E-state index in [1.54, 1.807) is 19.1 Å². The molecule has 11 heteroatoms. The van der Waals surface area contributed by atoms with Crippen molar-refractivity contribution in [3.8, 4) is 10.4 Å². The molecule has 0 radical (unpaired) electrons. The van der Waals surface area contributed by atoms with E-state index in [0.29, 0.717) is 20.8 Å². The molecule has 1 aromatic heterocycles. The van der Waals surface area contributed by atoms with Crippen molar-refractivity contribution in [3.05, 3.63) is 69.6 Å². The van der Waals surface area contributed by atoms with Gasteiger partial charge in [0.05, 0.1) is 26.0 Å². The number of hydrogen-bond acceptors (Lipinski definition) is 4. The van der Waals surface area contributed by atoms with E-state index in [0.717, 1.165) is 29.5 Å². The van der Waals surface area contributed by atoms with Crippen LogP contribution >= 0.6 is 22.9 Å². The summed E-state index contributed by atoms with van der Waals surface area (Å²) in [4.78, 5) is 11.4. The third-order valence-corrected chi connectivity index (χ3v) is 7.13. The zero-order chi connectivity index (χ0) is 23.0. The summed E-state index contributed by atoms with van der Waals surface area (Å²) in [7, 11) is -4.41. The smallest absolute Gasteiger partial charge is 0.416 e. The lowest BCUT2D eigenvalue weighted by Crippen LogP contribution is -2.17. The molecule has 3 aromatic rings. The molecule has 5 nitrogen and oxygen atoms in total. The highest BCUT2D eigenvalue weighted by atomic mass is 35.5. The van der Waals surface area contributed by atoms with Gasteiger partial charge >= 0.3 is 12.1 Å². The Balaban J connectivity index is 2.16. The van der Waals surface area contributed by atoms with E-state index in [4.69, 9.17) is 11.6 Å². The van der Waals surface area contributed by atoms with Crippen LogP contribution in [0.1, 0.15) is 28.4 Å². The van der Waals surface area contributed by atoms with Gasteiger partial charge in [0.2, 0.25) is 0 Å². The molecule has 2 aromatic carbocycles. The Hall–Kier alpha value is -2.56. The number of nitrogens with one attached hydrogen (secondary N) is 1. The van der Waals surface area contributed by atoms with Gasteiger partial charge < -0.3 is 5.11 Å². The van der Waals surface area contributed by atoms with E-state index in [9.17, 15) is 31.5 Å². The second kappa shape index (κ2) is 8.52. The SMILES string of the molecule is CCc1ccc(C(=O)O)cc1S(=O)(=O)Nc1cc(C(F)(F)F)ccc1-c1ccc(Cl)s1. The van der Waals surface area contributed by atoms with E-state index in [2.05, 4.69) is 4.72 Å². The Morgan fingerprint density at radius 1 is 1.13 bits per heavy atom. The Labute approximate surface area is 185 Å². The van der Waals surface area contributed by atoms with Crippen molar-refractivity contribution >= 4 is 44.6 Å². The highest BCUT2D eigenvalue weighted by Gasteiger charge is 2.32. The fourth-order valence-electron chi connectivity index (χ4n) is 2.91. The number of benzene rings is 2. The van der Waals surface area contributed by atoms with Crippen LogP contribution in [-0.2, 0) is 22.6 Å². The Bertz CT molecular complexity index is 1250. The second-order valence-corrected chi connectivity index (χ2v) is 9.81. The molecule has 0 bridgehead atoms. The molecule has 31 heavy (non-hydrogen) atoms. The van der Waals surface area contributed by atoms with Gasteiger partial charge in [0.25, 0.3) is 10.0 Å². The molecule has 0 aliphatic heterocycles. The number of carbonyl (C=O) groups is 1. The molecular formula is C20H15ClF3NO4S2. The quantitative estimate of drug-likeness (QED) is 0.435. The van der Waals surface area contributed by atoms with E-state index in [1.165, 1.54) is 12.1 Å². The van der Waals surface area contributed by atoms with Gasteiger partial charge in [0.1, 0.15) is 0 Å². The maximum Gasteiger partial charge on any atom is 0.416 e. The first-order valence-corrected chi connectivity index (χ1v) is 11.5. The molecule has 1 heterocycles. The molecule has 3 rings (SSSR count). The van der Waals surface area contributed by atoms with Crippen molar-refractivity contribution < 1.29 is 31.5 Å². The summed E-state index contributed by atoms with van der Waals surface area (Å²) >= 11 is 7.00. The first-order valence-electron chi connectivity index (χ1n) is 8.78. The summed E-state index contributed by atoms with van der Waals surface area (Å²) in [5.41, 5.74) is -1.05. The standard InChI is InChI=1S/C20H15ClF3NO4S2/c1-2-11-3-4-12(19(26)27)9-17(11)31(28,29)25-15-10-13(20(22,23)24)5-6-14(15)16-7-8-18(21)30-16/h3-10,25H,2H2,1H3,(H,26,27). The van der Waals surface area contributed by atoms with Crippen molar-refractivity contribution in [1.29, 1.82) is 0 Å². The predicted octanol–water partition coefficient (Wildman–Crippen LogP) is 6.15. The molecule has 0 amide bonds. The normalized spacial score (nSPS) is 12.0. The van der Waals surface area contributed by atoms with Crippen LogP contribution in [0.4, 0.5) is 18.9 Å². The molecule has 0 aliphatic rings. The van der Waals surface area contributed by atoms with Crippen LogP contribution in [0.25, 0.3) is 10.4 Å². The number of alkyl halides is 3. The molecule has 0 unspecified atom stereocenters. The largest absolute Gasteiger partial charge is 0.478 e. The van der Waals surface area contributed by atoms with Crippen molar-refractivity contribution in [2.45, 2.75) is 24.4 Å². The third kappa shape index (κ3) is 5.03. The summed E-state index contributed by atoms with van der Waals surface area (Å²) in [6.45, 7) is 1.68. The number of carboxylic acids is 1. The minimum atomic E-state index is -4.69. The lowest BCUT2D eigenvalue weighted by molar-refractivity contribution is -0.137. The average Bonchev–Trinajstić information content (AvgIpc) is 3.12. The lowest BCUT2D eigenvalue weighted by atomic mass is 10.1. The fourth-order valence-corrected chi connectivity index (χ4v) is 5.40. The third-order valence-electron chi connectivity index (χ3n) is 4.41. The zero-order valence-electron chi connectivity index (χ0n) is 15.8. The zero-order valence-corrected chi connectivity index (χ0v) is 18.2. The maximum absolute atomic E-state index is 13.3. The van der Waals surface area contributed by atoms with Gasteiger partial charge in [-0.3, -0.25) is 4.72 Å². The monoisotopic (exact) mass is 489 g/mol. The van der Waals surface area contributed by atoms with Crippen molar-refractivity contribution in [2.24, 2.45) is 0 Å². The van der Waals surface area contributed by atoms with Gasteiger partial charge in [-0.15, -0.1) is 11.3 Å². The summed E-state index contributed by atoms with van der Waals surface area (Å²) in [5.74, 6) is -1.33.